The SMILES string of the molecule is COc1ccc(CN2C(=O)C[C@H](OCc3ccccc3)C2=O)cc1. The highest BCUT2D eigenvalue weighted by atomic mass is 16.5. The Morgan fingerprint density at radius 1 is 1.00 bits per heavy atom. The zero-order valence-corrected chi connectivity index (χ0v) is 13.5. The number of carbonyl (C=O) groups is 2. The standard InChI is InChI=1S/C19H19NO4/c1-23-16-9-7-14(8-10-16)12-20-18(21)11-17(19(20)22)24-13-15-5-3-2-4-6-15/h2-10,17H,11-13H2,1H3/t17-/m0/s1. The summed E-state index contributed by atoms with van der Waals surface area (Å²) >= 11 is 0. The Hall–Kier alpha value is -2.66. The molecule has 2 amide bonds. The Balaban J connectivity index is 1.61. The molecular weight excluding hydrogens is 306 g/mol. The van der Waals surface area contributed by atoms with Gasteiger partial charge in [0.2, 0.25) is 5.91 Å². The lowest BCUT2D eigenvalue weighted by molar-refractivity contribution is -0.143. The molecule has 0 radical (unpaired) electrons. The summed E-state index contributed by atoms with van der Waals surface area (Å²) in [7, 11) is 1.59. The van der Waals surface area contributed by atoms with Crippen LogP contribution in [0.3, 0.4) is 0 Å². The van der Waals surface area contributed by atoms with Gasteiger partial charge in [-0.15, -0.1) is 0 Å². The molecule has 5 nitrogen and oxygen atoms in total. The van der Waals surface area contributed by atoms with Gasteiger partial charge in [-0.1, -0.05) is 42.5 Å². The van der Waals surface area contributed by atoms with Gasteiger partial charge in [0, 0.05) is 0 Å². The van der Waals surface area contributed by atoms with Gasteiger partial charge < -0.3 is 9.47 Å². The van der Waals surface area contributed by atoms with E-state index in [1.807, 2.05) is 54.6 Å². The van der Waals surface area contributed by atoms with Crippen molar-refractivity contribution in [2.24, 2.45) is 0 Å². The number of nitrogens with zero attached hydrogens (tertiary/aromatic N) is 1. The number of imide groups is 1. The van der Waals surface area contributed by atoms with Crippen molar-refractivity contribution in [3.8, 4) is 5.75 Å². The van der Waals surface area contributed by atoms with Crippen molar-refractivity contribution in [3.63, 3.8) is 0 Å². The van der Waals surface area contributed by atoms with E-state index in [2.05, 4.69) is 0 Å². The van der Waals surface area contributed by atoms with E-state index in [1.54, 1.807) is 7.11 Å². The quantitative estimate of drug-likeness (QED) is 0.766. The van der Waals surface area contributed by atoms with Crippen molar-refractivity contribution in [1.82, 2.24) is 4.90 Å². The highest BCUT2D eigenvalue weighted by Crippen LogP contribution is 2.21. The highest BCUT2D eigenvalue weighted by molar-refractivity contribution is 6.04. The third-order valence-corrected chi connectivity index (χ3v) is 4.00. The Labute approximate surface area is 140 Å². The predicted molar refractivity (Wildman–Crippen MR) is 88.2 cm³/mol. The Bertz CT molecular complexity index is 712. The molecule has 1 aliphatic rings. The average molecular weight is 325 g/mol. The zero-order chi connectivity index (χ0) is 16.9. The van der Waals surface area contributed by atoms with Crippen LogP contribution >= 0.6 is 0 Å². The Kier molecular flexibility index (Phi) is 4.91. The van der Waals surface area contributed by atoms with Crippen LogP contribution in [0.2, 0.25) is 0 Å². The number of methoxy groups -OCH3 is 1. The number of likely N-dealkylation sites (tertiary alicyclic amines) is 1. The molecule has 1 atom stereocenters. The second-order valence-corrected chi connectivity index (χ2v) is 5.66. The van der Waals surface area contributed by atoms with Crippen LogP contribution in [0.4, 0.5) is 0 Å². The van der Waals surface area contributed by atoms with Gasteiger partial charge in [0.1, 0.15) is 11.9 Å². The van der Waals surface area contributed by atoms with E-state index in [0.717, 1.165) is 16.9 Å². The molecular formula is C19H19NO4. The molecule has 2 aromatic carbocycles. The van der Waals surface area contributed by atoms with Crippen molar-refractivity contribution in [2.75, 3.05) is 7.11 Å². The molecule has 5 heteroatoms. The van der Waals surface area contributed by atoms with E-state index in [9.17, 15) is 9.59 Å². The second-order valence-electron chi connectivity index (χ2n) is 5.66. The molecule has 2 aromatic rings. The number of amides is 2. The first kappa shape index (κ1) is 16.2. The lowest BCUT2D eigenvalue weighted by Gasteiger charge is -2.15. The van der Waals surface area contributed by atoms with Crippen LogP contribution in [0.5, 0.6) is 5.75 Å². The van der Waals surface area contributed by atoms with Crippen LogP contribution in [0.1, 0.15) is 17.5 Å². The minimum Gasteiger partial charge on any atom is -0.497 e. The van der Waals surface area contributed by atoms with E-state index in [-0.39, 0.29) is 24.8 Å². The maximum atomic E-state index is 12.4. The van der Waals surface area contributed by atoms with Crippen molar-refractivity contribution >= 4 is 11.8 Å². The smallest absolute Gasteiger partial charge is 0.259 e. The van der Waals surface area contributed by atoms with E-state index < -0.39 is 6.10 Å². The van der Waals surface area contributed by atoms with Crippen molar-refractivity contribution in [2.45, 2.75) is 25.7 Å². The summed E-state index contributed by atoms with van der Waals surface area (Å²) in [5, 5.41) is 0. The number of rotatable bonds is 6. The first-order chi connectivity index (χ1) is 11.7. The van der Waals surface area contributed by atoms with Crippen LogP contribution in [-0.4, -0.2) is 29.9 Å². The van der Waals surface area contributed by atoms with E-state index >= 15 is 0 Å². The van der Waals surface area contributed by atoms with Crippen LogP contribution in [0.25, 0.3) is 0 Å². The van der Waals surface area contributed by atoms with Gasteiger partial charge >= 0.3 is 0 Å². The van der Waals surface area contributed by atoms with Crippen molar-refractivity contribution in [3.05, 3.63) is 65.7 Å². The van der Waals surface area contributed by atoms with Crippen LogP contribution < -0.4 is 4.74 Å². The molecule has 0 bridgehead atoms. The monoisotopic (exact) mass is 325 g/mol. The van der Waals surface area contributed by atoms with Gasteiger partial charge in [-0.05, 0) is 23.3 Å². The van der Waals surface area contributed by atoms with Crippen LogP contribution in [0, 0.1) is 0 Å². The van der Waals surface area contributed by atoms with Gasteiger partial charge in [0.05, 0.1) is 26.7 Å². The Morgan fingerprint density at radius 3 is 2.38 bits per heavy atom. The second kappa shape index (κ2) is 7.27. The normalized spacial score (nSPS) is 17.4. The number of hydrogen-bond acceptors (Lipinski definition) is 4. The fraction of sp³-hybridized carbons (Fsp3) is 0.263. The maximum Gasteiger partial charge on any atom is 0.259 e. The summed E-state index contributed by atoms with van der Waals surface area (Å²) in [6, 6.07) is 16.9. The first-order valence-electron chi connectivity index (χ1n) is 7.80. The molecule has 0 unspecified atom stereocenters. The Morgan fingerprint density at radius 2 is 1.71 bits per heavy atom. The molecule has 3 rings (SSSR count). The number of ether oxygens (including phenoxy) is 2. The molecule has 0 aliphatic carbocycles. The van der Waals surface area contributed by atoms with E-state index in [4.69, 9.17) is 9.47 Å². The maximum absolute atomic E-state index is 12.4. The molecule has 0 aromatic heterocycles. The molecule has 0 saturated carbocycles. The molecule has 1 fully saturated rings. The summed E-state index contributed by atoms with van der Waals surface area (Å²) in [5.74, 6) is 0.266. The largest absolute Gasteiger partial charge is 0.497 e. The lowest BCUT2D eigenvalue weighted by Crippen LogP contribution is -2.32. The van der Waals surface area contributed by atoms with Gasteiger partial charge in [-0.3, -0.25) is 14.5 Å². The third kappa shape index (κ3) is 3.63. The fourth-order valence-electron chi connectivity index (χ4n) is 2.63. The third-order valence-electron chi connectivity index (χ3n) is 4.00. The van der Waals surface area contributed by atoms with Crippen LogP contribution in [0.15, 0.2) is 54.6 Å². The summed E-state index contributed by atoms with van der Waals surface area (Å²) in [6.07, 6.45) is -0.599. The average Bonchev–Trinajstić information content (AvgIpc) is 2.89. The van der Waals surface area contributed by atoms with Gasteiger partial charge in [-0.2, -0.15) is 0 Å². The number of benzene rings is 2. The molecule has 124 valence electrons. The minimum atomic E-state index is -0.698. The summed E-state index contributed by atoms with van der Waals surface area (Å²) in [6.45, 7) is 0.577. The van der Waals surface area contributed by atoms with Gasteiger partial charge in [0.25, 0.3) is 5.91 Å². The predicted octanol–water partition coefficient (Wildman–Crippen LogP) is 2.54. The van der Waals surface area contributed by atoms with Gasteiger partial charge in [-0.25, -0.2) is 0 Å². The summed E-state index contributed by atoms with van der Waals surface area (Å²) in [4.78, 5) is 25.8. The molecule has 24 heavy (non-hydrogen) atoms. The molecule has 1 aliphatic heterocycles. The topological polar surface area (TPSA) is 55.8 Å². The first-order valence-corrected chi connectivity index (χ1v) is 7.80. The molecule has 1 heterocycles. The molecule has 0 N–H and O–H groups in total. The van der Waals surface area contributed by atoms with Crippen molar-refractivity contribution in [1.29, 1.82) is 0 Å². The molecule has 0 spiro atoms. The highest BCUT2D eigenvalue weighted by Gasteiger charge is 2.39. The van der Waals surface area contributed by atoms with E-state index in [1.165, 1.54) is 4.90 Å². The number of carbonyl (C=O) groups excluding carboxylic acids is 2. The minimum absolute atomic E-state index is 0.0990. The van der Waals surface area contributed by atoms with E-state index in [0.29, 0.717) is 6.61 Å². The fourth-order valence-corrected chi connectivity index (χ4v) is 2.63. The zero-order valence-electron chi connectivity index (χ0n) is 13.5. The summed E-state index contributed by atoms with van der Waals surface area (Å²) in [5.41, 5.74) is 1.85. The lowest BCUT2D eigenvalue weighted by atomic mass is 10.2. The summed E-state index contributed by atoms with van der Waals surface area (Å²) < 4.78 is 10.7. The number of hydrogen-bond donors (Lipinski definition) is 0. The van der Waals surface area contributed by atoms with Crippen LogP contribution in [-0.2, 0) is 27.5 Å². The molecule has 1 saturated heterocycles. The van der Waals surface area contributed by atoms with Crippen molar-refractivity contribution < 1.29 is 19.1 Å². The van der Waals surface area contributed by atoms with Gasteiger partial charge in [0.15, 0.2) is 0 Å².